The molecule has 1 saturated heterocycles. The van der Waals surface area contributed by atoms with Gasteiger partial charge in [-0.25, -0.2) is 4.79 Å². The van der Waals surface area contributed by atoms with Gasteiger partial charge in [-0.2, -0.15) is 0 Å². The number of carboxylic acids is 1. The third-order valence-corrected chi connectivity index (χ3v) is 2.44. The SMILES string of the molecule is CC(C)(C)NC(=O)CN1C(=O)CCC1C(=O)O. The summed E-state index contributed by atoms with van der Waals surface area (Å²) in [5.74, 6) is -1.67. The van der Waals surface area contributed by atoms with Gasteiger partial charge in [0.15, 0.2) is 0 Å². The highest BCUT2D eigenvalue weighted by atomic mass is 16.4. The topological polar surface area (TPSA) is 86.7 Å². The first-order valence-corrected chi connectivity index (χ1v) is 5.54. The number of carboxylic acid groups (broad SMARTS) is 1. The third-order valence-electron chi connectivity index (χ3n) is 2.44. The monoisotopic (exact) mass is 242 g/mol. The molecule has 2 amide bonds. The van der Waals surface area contributed by atoms with E-state index in [-0.39, 0.29) is 31.2 Å². The van der Waals surface area contributed by atoms with Gasteiger partial charge in [0.25, 0.3) is 0 Å². The summed E-state index contributed by atoms with van der Waals surface area (Å²) >= 11 is 0. The molecule has 96 valence electrons. The van der Waals surface area contributed by atoms with Crippen molar-refractivity contribution >= 4 is 17.8 Å². The summed E-state index contributed by atoms with van der Waals surface area (Å²) in [5.41, 5.74) is -0.390. The van der Waals surface area contributed by atoms with Crippen LogP contribution >= 0.6 is 0 Å². The number of hydrogen-bond donors (Lipinski definition) is 2. The molecule has 0 aromatic heterocycles. The van der Waals surface area contributed by atoms with E-state index in [1.165, 1.54) is 0 Å². The van der Waals surface area contributed by atoms with Crippen LogP contribution in [-0.2, 0) is 14.4 Å². The van der Waals surface area contributed by atoms with Crippen LogP contribution in [-0.4, -0.2) is 45.9 Å². The van der Waals surface area contributed by atoms with Crippen LogP contribution in [0.1, 0.15) is 33.6 Å². The largest absolute Gasteiger partial charge is 0.480 e. The predicted molar refractivity (Wildman–Crippen MR) is 60.3 cm³/mol. The van der Waals surface area contributed by atoms with E-state index >= 15 is 0 Å². The average molecular weight is 242 g/mol. The van der Waals surface area contributed by atoms with E-state index in [1.807, 2.05) is 20.8 Å². The van der Waals surface area contributed by atoms with E-state index in [0.717, 1.165) is 4.90 Å². The van der Waals surface area contributed by atoms with Crippen LogP contribution in [0.2, 0.25) is 0 Å². The maximum atomic E-state index is 11.6. The van der Waals surface area contributed by atoms with E-state index in [1.54, 1.807) is 0 Å². The van der Waals surface area contributed by atoms with Gasteiger partial charge in [0.05, 0.1) is 0 Å². The number of hydrogen-bond acceptors (Lipinski definition) is 3. The lowest BCUT2D eigenvalue weighted by Gasteiger charge is -2.25. The summed E-state index contributed by atoms with van der Waals surface area (Å²) < 4.78 is 0. The Labute approximate surface area is 100.0 Å². The van der Waals surface area contributed by atoms with Crippen molar-refractivity contribution in [1.29, 1.82) is 0 Å². The highest BCUT2D eigenvalue weighted by Gasteiger charge is 2.37. The first-order valence-electron chi connectivity index (χ1n) is 5.54. The van der Waals surface area contributed by atoms with Gasteiger partial charge in [0, 0.05) is 12.0 Å². The molecule has 1 aliphatic rings. The second-order valence-electron chi connectivity index (χ2n) is 5.21. The first-order chi connectivity index (χ1) is 7.70. The molecule has 1 fully saturated rings. The Morgan fingerprint density at radius 2 is 2.06 bits per heavy atom. The molecule has 0 aliphatic carbocycles. The van der Waals surface area contributed by atoms with Gasteiger partial charge in [-0.3, -0.25) is 9.59 Å². The maximum Gasteiger partial charge on any atom is 0.326 e. The van der Waals surface area contributed by atoms with E-state index in [0.29, 0.717) is 0 Å². The van der Waals surface area contributed by atoms with E-state index in [9.17, 15) is 14.4 Å². The van der Waals surface area contributed by atoms with Crippen molar-refractivity contribution in [3.8, 4) is 0 Å². The molecule has 0 spiro atoms. The standard InChI is InChI=1S/C11H18N2O4/c1-11(2,3)12-8(14)6-13-7(10(16)17)4-5-9(13)15/h7H,4-6H2,1-3H3,(H,12,14)(H,16,17). The van der Waals surface area contributed by atoms with Gasteiger partial charge in [-0.05, 0) is 27.2 Å². The maximum absolute atomic E-state index is 11.6. The molecule has 6 nitrogen and oxygen atoms in total. The molecule has 1 rings (SSSR count). The summed E-state index contributed by atoms with van der Waals surface area (Å²) in [7, 11) is 0. The molecule has 0 saturated carbocycles. The van der Waals surface area contributed by atoms with Crippen LogP contribution in [0.3, 0.4) is 0 Å². The van der Waals surface area contributed by atoms with Gasteiger partial charge in [0.1, 0.15) is 12.6 Å². The van der Waals surface area contributed by atoms with Crippen LogP contribution in [0.5, 0.6) is 0 Å². The Morgan fingerprint density at radius 3 is 2.53 bits per heavy atom. The number of nitrogens with one attached hydrogen (secondary N) is 1. The van der Waals surface area contributed by atoms with E-state index < -0.39 is 17.6 Å². The van der Waals surface area contributed by atoms with Gasteiger partial charge in [0.2, 0.25) is 11.8 Å². The highest BCUT2D eigenvalue weighted by Crippen LogP contribution is 2.18. The first kappa shape index (κ1) is 13.5. The van der Waals surface area contributed by atoms with E-state index in [4.69, 9.17) is 5.11 Å². The fourth-order valence-electron chi connectivity index (χ4n) is 1.80. The van der Waals surface area contributed by atoms with Gasteiger partial charge < -0.3 is 15.3 Å². The lowest BCUT2D eigenvalue weighted by atomic mass is 10.1. The fourth-order valence-corrected chi connectivity index (χ4v) is 1.80. The van der Waals surface area contributed by atoms with E-state index in [2.05, 4.69) is 5.32 Å². The van der Waals surface area contributed by atoms with Crippen molar-refractivity contribution in [2.45, 2.75) is 45.2 Å². The minimum absolute atomic E-state index is 0.187. The van der Waals surface area contributed by atoms with Gasteiger partial charge in [-0.15, -0.1) is 0 Å². The zero-order valence-corrected chi connectivity index (χ0v) is 10.3. The summed E-state index contributed by atoms with van der Waals surface area (Å²) in [4.78, 5) is 35.1. The zero-order chi connectivity index (χ0) is 13.2. The second kappa shape index (κ2) is 4.73. The number of amides is 2. The van der Waals surface area contributed by atoms with Crippen molar-refractivity contribution in [2.75, 3.05) is 6.54 Å². The quantitative estimate of drug-likeness (QED) is 0.728. The van der Waals surface area contributed by atoms with Crippen molar-refractivity contribution in [2.24, 2.45) is 0 Å². The zero-order valence-electron chi connectivity index (χ0n) is 10.3. The second-order valence-corrected chi connectivity index (χ2v) is 5.21. The molecule has 0 bridgehead atoms. The Bertz CT molecular complexity index is 346. The van der Waals surface area contributed by atoms with Crippen LogP contribution in [0.4, 0.5) is 0 Å². The number of carbonyl (C=O) groups excluding carboxylic acids is 2. The number of rotatable bonds is 3. The van der Waals surface area contributed by atoms with Gasteiger partial charge >= 0.3 is 5.97 Å². The third kappa shape index (κ3) is 3.72. The Kier molecular flexibility index (Phi) is 3.75. The van der Waals surface area contributed by atoms with Crippen molar-refractivity contribution in [1.82, 2.24) is 10.2 Å². The molecule has 1 aliphatic heterocycles. The molecule has 1 heterocycles. The summed E-state index contributed by atoms with van der Waals surface area (Å²) in [6.07, 6.45) is 0.469. The normalized spacial score (nSPS) is 20.5. The fraction of sp³-hybridized carbons (Fsp3) is 0.727. The number of aliphatic carboxylic acids is 1. The Balaban J connectivity index is 2.63. The molecule has 0 aromatic carbocycles. The molecule has 17 heavy (non-hydrogen) atoms. The molecule has 0 radical (unpaired) electrons. The minimum Gasteiger partial charge on any atom is -0.480 e. The molecule has 6 heteroatoms. The van der Waals surface area contributed by atoms with Crippen molar-refractivity contribution in [3.63, 3.8) is 0 Å². The predicted octanol–water partition coefficient (Wildman–Crippen LogP) is -0.0233. The Morgan fingerprint density at radius 1 is 1.47 bits per heavy atom. The number of nitrogens with zero attached hydrogens (tertiary/aromatic N) is 1. The van der Waals surface area contributed by atoms with Crippen molar-refractivity contribution in [3.05, 3.63) is 0 Å². The van der Waals surface area contributed by atoms with Gasteiger partial charge in [-0.1, -0.05) is 0 Å². The molecular formula is C11H18N2O4. The smallest absolute Gasteiger partial charge is 0.326 e. The van der Waals surface area contributed by atoms with Crippen LogP contribution in [0.25, 0.3) is 0 Å². The molecule has 0 aromatic rings. The van der Waals surface area contributed by atoms with Crippen molar-refractivity contribution < 1.29 is 19.5 Å². The molecule has 1 unspecified atom stereocenters. The van der Waals surface area contributed by atoms with Crippen LogP contribution < -0.4 is 5.32 Å². The summed E-state index contributed by atoms with van der Waals surface area (Å²) in [5, 5.41) is 11.6. The minimum atomic E-state index is -1.06. The summed E-state index contributed by atoms with van der Waals surface area (Å²) in [6, 6.07) is -0.867. The van der Waals surface area contributed by atoms with Crippen LogP contribution in [0.15, 0.2) is 0 Å². The van der Waals surface area contributed by atoms with Crippen LogP contribution in [0, 0.1) is 0 Å². The lowest BCUT2D eigenvalue weighted by molar-refractivity contribution is -0.147. The molecule has 2 N–H and O–H groups in total. The lowest BCUT2D eigenvalue weighted by Crippen LogP contribution is -2.49. The summed E-state index contributed by atoms with van der Waals surface area (Å²) in [6.45, 7) is 5.29. The Hall–Kier alpha value is -1.59. The average Bonchev–Trinajstić information content (AvgIpc) is 2.44. The molecule has 1 atom stereocenters. The number of carbonyl (C=O) groups is 3. The number of likely N-dealkylation sites (tertiary alicyclic amines) is 1. The highest BCUT2D eigenvalue weighted by molar-refractivity contribution is 5.91. The molecular weight excluding hydrogens is 224 g/mol.